The highest BCUT2D eigenvalue weighted by Crippen LogP contribution is 2.21. The summed E-state index contributed by atoms with van der Waals surface area (Å²) in [6.45, 7) is 1.16. The molecule has 0 bridgehead atoms. The van der Waals surface area contributed by atoms with Crippen molar-refractivity contribution in [3.05, 3.63) is 65.5 Å². The van der Waals surface area contributed by atoms with Crippen molar-refractivity contribution in [1.29, 1.82) is 0 Å². The van der Waals surface area contributed by atoms with Crippen LogP contribution < -0.4 is 10.1 Å². The highest BCUT2D eigenvalue weighted by atomic mass is 19.1. The molecule has 2 aromatic carbocycles. The Bertz CT molecular complexity index is 1020. The summed E-state index contributed by atoms with van der Waals surface area (Å²) >= 11 is 0. The number of hydrogen-bond donors (Lipinski definition) is 1. The average molecular weight is 439 g/mol. The molecule has 32 heavy (non-hydrogen) atoms. The molecule has 1 N–H and O–H groups in total. The molecule has 2 aromatic rings. The van der Waals surface area contributed by atoms with Gasteiger partial charge in [-0.05, 0) is 31.0 Å². The van der Waals surface area contributed by atoms with E-state index in [1.165, 1.54) is 12.1 Å². The van der Waals surface area contributed by atoms with Crippen LogP contribution in [-0.4, -0.2) is 54.8 Å². The number of nitrogens with zero attached hydrogens (tertiary/aromatic N) is 2. The molecule has 8 heteroatoms. The molecule has 1 unspecified atom stereocenters. The first-order chi connectivity index (χ1) is 15.5. The number of benzene rings is 2. The third-order valence-corrected chi connectivity index (χ3v) is 5.85. The zero-order valence-corrected chi connectivity index (χ0v) is 17.9. The van der Waals surface area contributed by atoms with E-state index in [4.69, 9.17) is 9.57 Å². The molecule has 2 aliphatic heterocycles. The molecule has 0 spiro atoms. The number of likely N-dealkylation sites (tertiary alicyclic amines) is 1. The molecule has 1 saturated heterocycles. The molecule has 0 saturated carbocycles. The first-order valence-corrected chi connectivity index (χ1v) is 10.7. The molecule has 1 fully saturated rings. The second-order valence-corrected chi connectivity index (χ2v) is 8.00. The number of amides is 2. The largest absolute Gasteiger partial charge is 0.496 e. The van der Waals surface area contributed by atoms with Gasteiger partial charge in [0.05, 0.1) is 19.2 Å². The molecule has 4 rings (SSSR count). The molecular formula is C24H26FN3O4. The fraction of sp³-hybridized carbons (Fsp3) is 0.375. The molecule has 1 atom stereocenters. The van der Waals surface area contributed by atoms with Crippen LogP contribution in [0.5, 0.6) is 5.75 Å². The minimum absolute atomic E-state index is 0.0281. The highest BCUT2D eigenvalue weighted by Gasteiger charge is 2.32. The summed E-state index contributed by atoms with van der Waals surface area (Å²) in [5.41, 5.74) is 2.03. The van der Waals surface area contributed by atoms with Crippen molar-refractivity contribution in [2.45, 2.75) is 37.8 Å². The second-order valence-electron chi connectivity index (χ2n) is 8.00. The molecule has 7 nitrogen and oxygen atoms in total. The number of para-hydroxylation sites is 1. The molecule has 0 aliphatic carbocycles. The lowest BCUT2D eigenvalue weighted by Gasteiger charge is -2.33. The van der Waals surface area contributed by atoms with E-state index in [2.05, 4.69) is 10.5 Å². The van der Waals surface area contributed by atoms with Crippen LogP contribution in [0.3, 0.4) is 0 Å². The van der Waals surface area contributed by atoms with Gasteiger partial charge in [-0.3, -0.25) is 9.59 Å². The van der Waals surface area contributed by atoms with Crippen LogP contribution in [0.2, 0.25) is 0 Å². The third kappa shape index (κ3) is 5.07. The van der Waals surface area contributed by atoms with Gasteiger partial charge < -0.3 is 19.8 Å². The monoisotopic (exact) mass is 439 g/mol. The Morgan fingerprint density at radius 1 is 1.19 bits per heavy atom. The number of carbonyl (C=O) groups is 2. The number of halogens is 1. The summed E-state index contributed by atoms with van der Waals surface area (Å²) in [5.74, 6) is 0.162. The van der Waals surface area contributed by atoms with E-state index in [1.807, 2.05) is 29.2 Å². The van der Waals surface area contributed by atoms with Crippen molar-refractivity contribution < 1.29 is 23.6 Å². The maximum atomic E-state index is 13.4. The standard InChI is InChI=1S/C24H26FN3O4/c1-31-21-8-3-2-5-17(21)14-23(29)28-11-9-19(10-12-28)26-24(30)22-15-20(27-32-22)16-6-4-7-18(25)13-16/h2-8,13,19,22H,9-12,14-15H2,1H3,(H,26,30). The summed E-state index contributed by atoms with van der Waals surface area (Å²) in [6, 6.07) is 13.6. The Morgan fingerprint density at radius 2 is 1.97 bits per heavy atom. The Kier molecular flexibility index (Phi) is 6.68. The lowest BCUT2D eigenvalue weighted by Crippen LogP contribution is -2.49. The number of piperidine rings is 1. The number of rotatable bonds is 6. The SMILES string of the molecule is COc1ccccc1CC(=O)N1CCC(NC(=O)C2CC(c3cccc(F)c3)=NO2)CC1. The van der Waals surface area contributed by atoms with Gasteiger partial charge in [-0.25, -0.2) is 4.39 Å². The quantitative estimate of drug-likeness (QED) is 0.751. The fourth-order valence-corrected chi connectivity index (χ4v) is 4.05. The molecule has 0 aromatic heterocycles. The smallest absolute Gasteiger partial charge is 0.264 e. The minimum Gasteiger partial charge on any atom is -0.496 e. The topological polar surface area (TPSA) is 80.2 Å². The minimum atomic E-state index is -0.724. The predicted molar refractivity (Wildman–Crippen MR) is 117 cm³/mol. The lowest BCUT2D eigenvalue weighted by atomic mass is 10.0. The second kappa shape index (κ2) is 9.80. The lowest BCUT2D eigenvalue weighted by molar-refractivity contribution is -0.133. The maximum absolute atomic E-state index is 13.4. The highest BCUT2D eigenvalue weighted by molar-refractivity contribution is 6.04. The summed E-state index contributed by atoms with van der Waals surface area (Å²) in [4.78, 5) is 32.4. The van der Waals surface area contributed by atoms with Crippen molar-refractivity contribution in [2.24, 2.45) is 5.16 Å². The summed E-state index contributed by atoms with van der Waals surface area (Å²) in [7, 11) is 1.59. The van der Waals surface area contributed by atoms with E-state index in [0.717, 1.165) is 5.56 Å². The van der Waals surface area contributed by atoms with Gasteiger partial charge in [0.15, 0.2) is 0 Å². The van der Waals surface area contributed by atoms with Crippen LogP contribution >= 0.6 is 0 Å². The van der Waals surface area contributed by atoms with E-state index >= 15 is 0 Å². The van der Waals surface area contributed by atoms with Gasteiger partial charge in [0, 0.05) is 36.7 Å². The van der Waals surface area contributed by atoms with Crippen LogP contribution in [0.1, 0.15) is 30.4 Å². The fourth-order valence-electron chi connectivity index (χ4n) is 4.05. The van der Waals surface area contributed by atoms with E-state index in [0.29, 0.717) is 49.4 Å². The first kappa shape index (κ1) is 21.8. The van der Waals surface area contributed by atoms with Gasteiger partial charge in [-0.2, -0.15) is 0 Å². The molecule has 2 amide bonds. The Hall–Kier alpha value is -3.42. The van der Waals surface area contributed by atoms with Gasteiger partial charge in [0.25, 0.3) is 5.91 Å². The van der Waals surface area contributed by atoms with Crippen molar-refractivity contribution >= 4 is 17.5 Å². The average Bonchev–Trinajstić information content (AvgIpc) is 3.30. The third-order valence-electron chi connectivity index (χ3n) is 5.85. The number of carbonyl (C=O) groups excluding carboxylic acids is 2. The normalized spacial score (nSPS) is 18.6. The van der Waals surface area contributed by atoms with Crippen molar-refractivity contribution in [3.63, 3.8) is 0 Å². The van der Waals surface area contributed by atoms with Crippen LogP contribution in [-0.2, 0) is 20.8 Å². The number of oxime groups is 1. The number of nitrogens with one attached hydrogen (secondary N) is 1. The van der Waals surface area contributed by atoms with E-state index in [9.17, 15) is 14.0 Å². The van der Waals surface area contributed by atoms with Crippen molar-refractivity contribution in [2.75, 3.05) is 20.2 Å². The first-order valence-electron chi connectivity index (χ1n) is 10.7. The number of methoxy groups -OCH3 is 1. The molecular weight excluding hydrogens is 413 g/mol. The van der Waals surface area contributed by atoms with Gasteiger partial charge >= 0.3 is 0 Å². The summed E-state index contributed by atoms with van der Waals surface area (Å²) < 4.78 is 18.8. The summed E-state index contributed by atoms with van der Waals surface area (Å²) in [6.07, 6.45) is 1.21. The summed E-state index contributed by atoms with van der Waals surface area (Å²) in [5, 5.41) is 6.96. The van der Waals surface area contributed by atoms with Crippen LogP contribution in [0.4, 0.5) is 4.39 Å². The van der Waals surface area contributed by atoms with E-state index in [1.54, 1.807) is 19.2 Å². The number of ether oxygens (including phenoxy) is 1. The molecule has 0 radical (unpaired) electrons. The van der Waals surface area contributed by atoms with Crippen LogP contribution in [0.15, 0.2) is 53.7 Å². The van der Waals surface area contributed by atoms with Crippen molar-refractivity contribution in [3.8, 4) is 5.75 Å². The van der Waals surface area contributed by atoms with Crippen LogP contribution in [0, 0.1) is 5.82 Å². The Labute approximate surface area is 186 Å². The van der Waals surface area contributed by atoms with Gasteiger partial charge in [0.2, 0.25) is 12.0 Å². The number of hydrogen-bond acceptors (Lipinski definition) is 5. The van der Waals surface area contributed by atoms with Gasteiger partial charge in [0.1, 0.15) is 11.6 Å². The van der Waals surface area contributed by atoms with Crippen molar-refractivity contribution in [1.82, 2.24) is 10.2 Å². The zero-order valence-electron chi connectivity index (χ0n) is 17.9. The molecule has 168 valence electrons. The van der Waals surface area contributed by atoms with E-state index < -0.39 is 6.10 Å². The molecule has 2 heterocycles. The van der Waals surface area contributed by atoms with E-state index in [-0.39, 0.29) is 30.1 Å². The predicted octanol–water partition coefficient (Wildman–Crippen LogP) is 2.68. The maximum Gasteiger partial charge on any atom is 0.264 e. The molecule has 2 aliphatic rings. The zero-order chi connectivity index (χ0) is 22.5. The van der Waals surface area contributed by atoms with Crippen LogP contribution in [0.25, 0.3) is 0 Å². The Morgan fingerprint density at radius 3 is 2.72 bits per heavy atom. The Balaban J connectivity index is 1.24. The van der Waals surface area contributed by atoms with Gasteiger partial charge in [-0.1, -0.05) is 35.5 Å². The van der Waals surface area contributed by atoms with Gasteiger partial charge in [-0.15, -0.1) is 0 Å².